The van der Waals surface area contributed by atoms with Gasteiger partial charge in [-0.25, -0.2) is 0 Å². The number of likely N-dealkylation sites (N-methyl/N-ethyl adjacent to an activating group) is 1. The van der Waals surface area contributed by atoms with E-state index in [1.54, 1.807) is 0 Å². The summed E-state index contributed by atoms with van der Waals surface area (Å²) < 4.78 is 0.625. The number of hydrogen-bond acceptors (Lipinski definition) is 3. The minimum Gasteiger partial charge on any atom is -0.393 e. The Morgan fingerprint density at radius 1 is 0.857 bits per heavy atom. The molecular weight excluding hydrogens is 434 g/mol. The third kappa shape index (κ3) is 4.55. The van der Waals surface area contributed by atoms with Gasteiger partial charge in [-0.3, -0.25) is 0 Å². The lowest BCUT2D eigenvalue weighted by atomic mass is 9.39. The van der Waals surface area contributed by atoms with Crippen molar-refractivity contribution in [2.24, 2.45) is 46.3 Å². The van der Waals surface area contributed by atoms with Crippen LogP contribution in [0.3, 0.4) is 0 Å². The van der Waals surface area contributed by atoms with Crippen molar-refractivity contribution in [3.05, 3.63) is 0 Å². The summed E-state index contributed by atoms with van der Waals surface area (Å²) >= 11 is 0. The molecule has 4 fully saturated rings. The zero-order valence-corrected chi connectivity index (χ0v) is 24.3. The van der Waals surface area contributed by atoms with Gasteiger partial charge in [0, 0.05) is 11.8 Å². The van der Waals surface area contributed by atoms with E-state index in [0.717, 1.165) is 30.6 Å². The van der Waals surface area contributed by atoms with Crippen LogP contribution in [0.15, 0.2) is 0 Å². The first-order valence-electron chi connectivity index (χ1n) is 15.0. The Hall–Kier alpha value is -0.160. The molecule has 4 nitrogen and oxygen atoms in total. The second-order valence-electron chi connectivity index (χ2n) is 15.8. The molecule has 0 amide bonds. The Bertz CT molecular complexity index is 763. The van der Waals surface area contributed by atoms with Crippen LogP contribution in [0.5, 0.6) is 0 Å². The van der Waals surface area contributed by atoms with E-state index in [4.69, 9.17) is 0 Å². The highest BCUT2D eigenvalue weighted by molar-refractivity contribution is 5.22. The van der Waals surface area contributed by atoms with Gasteiger partial charge in [0.2, 0.25) is 0 Å². The van der Waals surface area contributed by atoms with E-state index in [1.165, 1.54) is 44.9 Å². The predicted molar refractivity (Wildman–Crippen MR) is 144 cm³/mol. The molecule has 4 rings (SSSR count). The molecule has 4 saturated carbocycles. The van der Waals surface area contributed by atoms with Gasteiger partial charge in [0.1, 0.15) is 17.7 Å². The molecule has 3 N–H and O–H groups in total. The van der Waals surface area contributed by atoms with Crippen molar-refractivity contribution in [3.63, 3.8) is 0 Å². The first kappa shape index (κ1) is 27.9. The molecule has 10 atom stereocenters. The largest absolute Gasteiger partial charge is 0.393 e. The smallest absolute Gasteiger partial charge is 0.143 e. The van der Waals surface area contributed by atoms with Gasteiger partial charge in [0.15, 0.2) is 0 Å². The Morgan fingerprint density at radius 3 is 2.17 bits per heavy atom. The molecule has 0 bridgehead atoms. The number of aliphatic hydroxyl groups is 3. The van der Waals surface area contributed by atoms with Crippen LogP contribution >= 0.6 is 0 Å². The molecule has 0 aromatic rings. The highest BCUT2D eigenvalue weighted by Gasteiger charge is 2.73. The van der Waals surface area contributed by atoms with Crippen molar-refractivity contribution in [3.8, 4) is 0 Å². The Morgan fingerprint density at radius 2 is 1.54 bits per heavy atom. The van der Waals surface area contributed by atoms with Crippen molar-refractivity contribution in [1.82, 2.24) is 0 Å². The van der Waals surface area contributed by atoms with E-state index < -0.39 is 17.3 Å². The highest BCUT2D eigenvalue weighted by atomic mass is 16.4. The minimum absolute atomic E-state index is 0.320. The summed E-state index contributed by atoms with van der Waals surface area (Å²) in [6.07, 6.45) is 11.2. The first-order valence-corrected chi connectivity index (χ1v) is 15.0. The zero-order valence-electron chi connectivity index (χ0n) is 24.3. The fraction of sp³-hybridized carbons (Fsp3) is 1.00. The van der Waals surface area contributed by atoms with Crippen molar-refractivity contribution < 1.29 is 19.8 Å². The molecule has 0 radical (unpaired) electrons. The summed E-state index contributed by atoms with van der Waals surface area (Å²) in [6.45, 7) is 12.6. The molecular formula is C31H58NO3+. The van der Waals surface area contributed by atoms with Crippen molar-refractivity contribution >= 4 is 0 Å². The van der Waals surface area contributed by atoms with E-state index >= 15 is 0 Å². The monoisotopic (exact) mass is 492 g/mol. The number of rotatable bonds is 7. The fourth-order valence-electron chi connectivity index (χ4n) is 10.5. The molecule has 0 heterocycles. The van der Waals surface area contributed by atoms with E-state index in [-0.39, 0.29) is 5.41 Å². The Labute approximate surface area is 216 Å². The van der Waals surface area contributed by atoms with Gasteiger partial charge in [-0.05, 0) is 85.9 Å². The normalized spacial score (nSPS) is 48.9. The van der Waals surface area contributed by atoms with E-state index in [9.17, 15) is 15.3 Å². The summed E-state index contributed by atoms with van der Waals surface area (Å²) in [5, 5.41) is 35.5. The summed E-state index contributed by atoms with van der Waals surface area (Å²) in [7, 11) is 6.37. The quantitative estimate of drug-likeness (QED) is 0.404. The fourth-order valence-corrected chi connectivity index (χ4v) is 10.5. The maximum Gasteiger partial charge on any atom is 0.143 e. The van der Waals surface area contributed by atoms with Crippen LogP contribution in [-0.2, 0) is 0 Å². The average Bonchev–Trinajstić information content (AvgIpc) is 3.06. The molecule has 4 heteroatoms. The van der Waals surface area contributed by atoms with Crippen LogP contribution in [0.2, 0.25) is 0 Å². The van der Waals surface area contributed by atoms with Gasteiger partial charge in [0.05, 0.1) is 27.2 Å². The lowest BCUT2D eigenvalue weighted by Crippen LogP contribution is -2.77. The summed E-state index contributed by atoms with van der Waals surface area (Å²) in [5.74, 6) is 3.91. The van der Waals surface area contributed by atoms with Crippen LogP contribution in [-0.4, -0.2) is 64.8 Å². The maximum atomic E-state index is 12.5. The van der Waals surface area contributed by atoms with Gasteiger partial charge in [-0.1, -0.05) is 53.9 Å². The van der Waals surface area contributed by atoms with Crippen LogP contribution in [0.4, 0.5) is 0 Å². The maximum absolute atomic E-state index is 12.5. The topological polar surface area (TPSA) is 60.7 Å². The van der Waals surface area contributed by atoms with Crippen molar-refractivity contribution in [2.45, 2.75) is 123 Å². The lowest BCUT2D eigenvalue weighted by molar-refractivity contribution is -0.879. The molecule has 0 aliphatic heterocycles. The molecule has 0 unspecified atom stereocenters. The summed E-state index contributed by atoms with van der Waals surface area (Å²) in [6, 6.07) is 0. The molecule has 4 aliphatic rings. The molecule has 204 valence electrons. The summed E-state index contributed by atoms with van der Waals surface area (Å²) in [4.78, 5) is 0. The molecule has 0 spiro atoms. The van der Waals surface area contributed by atoms with Crippen LogP contribution in [0.25, 0.3) is 0 Å². The molecule has 0 saturated heterocycles. The Balaban J connectivity index is 1.64. The summed E-state index contributed by atoms with van der Waals surface area (Å²) in [5.41, 5.74) is -2.36. The molecule has 0 aromatic carbocycles. The van der Waals surface area contributed by atoms with Gasteiger partial charge in [-0.15, -0.1) is 0 Å². The van der Waals surface area contributed by atoms with Gasteiger partial charge in [0.25, 0.3) is 0 Å². The van der Waals surface area contributed by atoms with Gasteiger partial charge in [-0.2, -0.15) is 0 Å². The van der Waals surface area contributed by atoms with Crippen LogP contribution in [0, 0.1) is 46.3 Å². The SMILES string of the molecule is CC(C)CCC[C@@H](C)[C@H]1CC[C@H]2[C@@H]3C[C@@](O)(C[N+](C)(C)C)[C@@]4(O)C[C@@H](O)CC[C@]4(C)[C@H]3CC[C@]12C. The minimum atomic E-state index is -1.22. The Kier molecular flexibility index (Phi) is 7.36. The lowest BCUT2D eigenvalue weighted by Gasteiger charge is -2.68. The number of hydrogen-bond donors (Lipinski definition) is 3. The number of nitrogens with zero attached hydrogens (tertiary/aromatic N) is 1. The van der Waals surface area contributed by atoms with Gasteiger partial charge < -0.3 is 19.8 Å². The van der Waals surface area contributed by atoms with Crippen LogP contribution < -0.4 is 0 Å². The van der Waals surface area contributed by atoms with Crippen molar-refractivity contribution in [2.75, 3.05) is 27.7 Å². The van der Waals surface area contributed by atoms with Crippen molar-refractivity contribution in [1.29, 1.82) is 0 Å². The number of fused-ring (bicyclic) bond motifs is 5. The highest BCUT2D eigenvalue weighted by Crippen LogP contribution is 2.71. The molecule has 35 heavy (non-hydrogen) atoms. The van der Waals surface area contributed by atoms with E-state index in [1.807, 2.05) is 0 Å². The van der Waals surface area contributed by atoms with E-state index in [2.05, 4.69) is 55.8 Å². The zero-order chi connectivity index (χ0) is 26.0. The second kappa shape index (κ2) is 9.24. The standard InChI is InChI=1S/C31H58NO3/c1-21(2)10-9-11-22(3)25-12-13-26-24-19-30(34,20-32(6,7)8)31(35)18-23(33)14-17-29(31,5)27(24)15-16-28(25,26)4/h21-27,33-35H,9-20H2,1-8H3/q+1/t22-,23+,24+,25-,26+,27+,28-,29-,30-,31-/m1/s1. The van der Waals surface area contributed by atoms with Gasteiger partial charge >= 0.3 is 0 Å². The molecule has 0 aromatic heterocycles. The average molecular weight is 493 g/mol. The van der Waals surface area contributed by atoms with Crippen LogP contribution in [0.1, 0.15) is 105 Å². The molecule has 4 aliphatic carbocycles. The third-order valence-corrected chi connectivity index (χ3v) is 12.0. The van der Waals surface area contributed by atoms with E-state index in [0.29, 0.717) is 47.0 Å². The first-order chi connectivity index (χ1) is 16.1. The third-order valence-electron chi connectivity index (χ3n) is 12.0. The second-order valence-corrected chi connectivity index (χ2v) is 15.8. The number of aliphatic hydroxyl groups excluding tert-OH is 1. The number of quaternary nitrogens is 1. The predicted octanol–water partition coefficient (Wildman–Crippen LogP) is 5.63.